The Labute approximate surface area is 150 Å². The predicted octanol–water partition coefficient (Wildman–Crippen LogP) is 4.57. The number of nitrogens with zero attached hydrogens (tertiary/aromatic N) is 2. The average Bonchev–Trinajstić information content (AvgIpc) is 3.20. The van der Waals surface area contributed by atoms with E-state index in [1.54, 1.807) is 23.7 Å². The number of aryl methyl sites for hydroxylation is 2. The highest BCUT2D eigenvalue weighted by Gasteiger charge is 2.27. The molecule has 5 heteroatoms. The Morgan fingerprint density at radius 1 is 1.16 bits per heavy atom. The summed E-state index contributed by atoms with van der Waals surface area (Å²) in [6, 6.07) is 10.1. The van der Waals surface area contributed by atoms with E-state index in [9.17, 15) is 4.79 Å². The molecule has 0 radical (unpaired) electrons. The summed E-state index contributed by atoms with van der Waals surface area (Å²) in [5.74, 6) is 0.541. The van der Waals surface area contributed by atoms with Gasteiger partial charge in [-0.3, -0.25) is 9.78 Å². The molecule has 0 aromatic carbocycles. The molecule has 4 rings (SSSR count). The van der Waals surface area contributed by atoms with Crippen molar-refractivity contribution >= 4 is 34.7 Å². The van der Waals surface area contributed by atoms with Crippen molar-refractivity contribution in [3.8, 4) is 11.1 Å². The van der Waals surface area contributed by atoms with Crippen LogP contribution in [0.1, 0.15) is 27.9 Å². The third-order valence-electron chi connectivity index (χ3n) is 4.29. The number of anilines is 1. The molecular formula is C20H17N3OS. The molecule has 25 heavy (non-hydrogen) atoms. The lowest BCUT2D eigenvalue weighted by atomic mass is 10.0. The first-order chi connectivity index (χ1) is 12.2. The lowest BCUT2D eigenvalue weighted by Gasteiger charge is -2.08. The maximum atomic E-state index is 12.4. The number of hydrogen-bond acceptors (Lipinski definition) is 4. The summed E-state index contributed by atoms with van der Waals surface area (Å²) in [4.78, 5) is 23.5. The molecule has 0 atom stereocenters. The van der Waals surface area contributed by atoms with Gasteiger partial charge in [-0.1, -0.05) is 6.92 Å². The van der Waals surface area contributed by atoms with Gasteiger partial charge in [-0.15, -0.1) is 11.3 Å². The minimum absolute atomic E-state index is 0.0970. The fourth-order valence-electron chi connectivity index (χ4n) is 2.97. The van der Waals surface area contributed by atoms with Gasteiger partial charge in [-0.25, -0.2) is 4.98 Å². The largest absolute Gasteiger partial charge is 0.306 e. The molecule has 0 saturated carbocycles. The van der Waals surface area contributed by atoms with Crippen LogP contribution in [-0.2, 0) is 11.2 Å². The van der Waals surface area contributed by atoms with Crippen LogP contribution >= 0.6 is 11.3 Å². The number of carbonyl (C=O) groups excluding carboxylic acids is 1. The van der Waals surface area contributed by atoms with Crippen molar-refractivity contribution in [3.63, 3.8) is 0 Å². The molecule has 1 N–H and O–H groups in total. The Bertz CT molecular complexity index is 989. The molecule has 1 amide bonds. The Morgan fingerprint density at radius 3 is 2.68 bits per heavy atom. The smallest absolute Gasteiger partial charge is 0.257 e. The van der Waals surface area contributed by atoms with Crippen LogP contribution in [-0.4, -0.2) is 15.9 Å². The lowest BCUT2D eigenvalue weighted by molar-refractivity contribution is -0.110. The molecule has 0 fully saturated rings. The molecule has 1 aliphatic rings. The van der Waals surface area contributed by atoms with Crippen molar-refractivity contribution in [2.75, 3.05) is 5.32 Å². The number of fused-ring (bicyclic) bond motifs is 1. The van der Waals surface area contributed by atoms with Gasteiger partial charge in [0.15, 0.2) is 0 Å². The van der Waals surface area contributed by atoms with Crippen molar-refractivity contribution < 1.29 is 4.79 Å². The van der Waals surface area contributed by atoms with E-state index in [0.717, 1.165) is 33.7 Å². The van der Waals surface area contributed by atoms with Crippen molar-refractivity contribution in [3.05, 3.63) is 63.7 Å². The monoisotopic (exact) mass is 347 g/mol. The molecule has 3 aromatic rings. The standard InChI is InChI=1S/C20H17N3OS/c1-3-14-4-5-15(25-14)10-18-17-11-16(13-6-8-21-9-7-13)12(2)22-19(17)23-20(18)24/h4-11H,3H2,1-2H3,(H,22,23,24). The van der Waals surface area contributed by atoms with Gasteiger partial charge in [0.25, 0.3) is 5.91 Å². The molecule has 0 bridgehead atoms. The molecule has 0 aliphatic carbocycles. The second-order valence-corrected chi connectivity index (χ2v) is 7.12. The second-order valence-electron chi connectivity index (χ2n) is 5.92. The van der Waals surface area contributed by atoms with Crippen molar-refractivity contribution in [2.45, 2.75) is 20.3 Å². The third kappa shape index (κ3) is 2.87. The molecule has 0 spiro atoms. The summed E-state index contributed by atoms with van der Waals surface area (Å²) in [6.45, 7) is 4.09. The van der Waals surface area contributed by atoms with Gasteiger partial charge in [0.1, 0.15) is 5.82 Å². The van der Waals surface area contributed by atoms with E-state index in [1.165, 1.54) is 4.88 Å². The first-order valence-electron chi connectivity index (χ1n) is 8.20. The fourth-order valence-corrected chi connectivity index (χ4v) is 3.87. The average molecular weight is 347 g/mol. The zero-order chi connectivity index (χ0) is 17.4. The van der Waals surface area contributed by atoms with Crippen LogP contribution in [0.5, 0.6) is 0 Å². The number of aromatic nitrogens is 2. The van der Waals surface area contributed by atoms with Crippen molar-refractivity contribution in [2.24, 2.45) is 0 Å². The summed E-state index contributed by atoms with van der Waals surface area (Å²) >= 11 is 1.72. The summed E-state index contributed by atoms with van der Waals surface area (Å²) < 4.78 is 0. The Morgan fingerprint density at radius 2 is 1.96 bits per heavy atom. The molecule has 4 nitrogen and oxygen atoms in total. The number of nitrogens with one attached hydrogen (secondary N) is 1. The van der Waals surface area contributed by atoms with Gasteiger partial charge in [0.2, 0.25) is 0 Å². The number of rotatable bonds is 3. The molecule has 0 unspecified atom stereocenters. The minimum atomic E-state index is -0.0970. The van der Waals surface area contributed by atoms with Crippen molar-refractivity contribution in [1.29, 1.82) is 0 Å². The van der Waals surface area contributed by atoms with Crippen LogP contribution in [0.15, 0.2) is 42.7 Å². The minimum Gasteiger partial charge on any atom is -0.306 e. The van der Waals surface area contributed by atoms with Crippen LogP contribution in [0.3, 0.4) is 0 Å². The number of amides is 1. The van der Waals surface area contributed by atoms with Gasteiger partial charge in [0, 0.05) is 39.0 Å². The second kappa shape index (κ2) is 6.26. The number of thiophene rings is 1. The van der Waals surface area contributed by atoms with E-state index in [0.29, 0.717) is 11.4 Å². The molecule has 0 saturated heterocycles. The van der Waals surface area contributed by atoms with Crippen LogP contribution in [0.4, 0.5) is 5.82 Å². The first kappa shape index (κ1) is 15.7. The van der Waals surface area contributed by atoms with E-state index in [4.69, 9.17) is 0 Å². The van der Waals surface area contributed by atoms with E-state index in [2.05, 4.69) is 34.3 Å². The topological polar surface area (TPSA) is 54.9 Å². The number of hydrogen-bond donors (Lipinski definition) is 1. The van der Waals surface area contributed by atoms with E-state index in [-0.39, 0.29) is 5.91 Å². The quantitative estimate of drug-likeness (QED) is 0.706. The number of pyridine rings is 2. The van der Waals surface area contributed by atoms with Gasteiger partial charge >= 0.3 is 0 Å². The summed E-state index contributed by atoms with van der Waals surface area (Å²) in [5.41, 5.74) is 4.47. The third-order valence-corrected chi connectivity index (χ3v) is 5.47. The fraction of sp³-hybridized carbons (Fsp3) is 0.150. The van der Waals surface area contributed by atoms with Gasteiger partial charge in [-0.2, -0.15) is 0 Å². The summed E-state index contributed by atoms with van der Waals surface area (Å²) in [7, 11) is 0. The zero-order valence-corrected chi connectivity index (χ0v) is 14.9. The predicted molar refractivity (Wildman–Crippen MR) is 102 cm³/mol. The maximum absolute atomic E-state index is 12.4. The van der Waals surface area contributed by atoms with Crippen LogP contribution in [0.25, 0.3) is 22.8 Å². The Balaban J connectivity index is 1.82. The van der Waals surface area contributed by atoms with Gasteiger partial charge in [-0.05, 0) is 55.3 Å². The lowest BCUT2D eigenvalue weighted by Crippen LogP contribution is -2.04. The summed E-state index contributed by atoms with van der Waals surface area (Å²) in [6.07, 6.45) is 6.49. The highest BCUT2D eigenvalue weighted by Crippen LogP contribution is 2.36. The first-order valence-corrected chi connectivity index (χ1v) is 9.01. The molecule has 124 valence electrons. The van der Waals surface area contributed by atoms with E-state index in [1.807, 2.05) is 31.2 Å². The van der Waals surface area contributed by atoms with Crippen molar-refractivity contribution in [1.82, 2.24) is 9.97 Å². The Kier molecular flexibility index (Phi) is 3.93. The molecule has 4 heterocycles. The molecule has 1 aliphatic heterocycles. The van der Waals surface area contributed by atoms with Gasteiger partial charge in [0.05, 0.1) is 5.57 Å². The normalized spacial score (nSPS) is 14.6. The molecular weight excluding hydrogens is 330 g/mol. The molecule has 3 aromatic heterocycles. The summed E-state index contributed by atoms with van der Waals surface area (Å²) in [5, 5.41) is 2.88. The highest BCUT2D eigenvalue weighted by atomic mass is 32.1. The highest BCUT2D eigenvalue weighted by molar-refractivity contribution is 7.13. The van der Waals surface area contributed by atoms with Crippen LogP contribution in [0.2, 0.25) is 0 Å². The SMILES string of the molecule is CCc1ccc(C=C2C(=O)Nc3nc(C)c(-c4ccncc4)cc32)s1. The zero-order valence-electron chi connectivity index (χ0n) is 14.0. The van der Waals surface area contributed by atoms with Crippen LogP contribution < -0.4 is 5.32 Å². The maximum Gasteiger partial charge on any atom is 0.257 e. The number of carbonyl (C=O) groups is 1. The Hall–Kier alpha value is -2.79. The van der Waals surface area contributed by atoms with Crippen LogP contribution in [0, 0.1) is 6.92 Å². The van der Waals surface area contributed by atoms with E-state index < -0.39 is 0 Å². The van der Waals surface area contributed by atoms with E-state index >= 15 is 0 Å². The van der Waals surface area contributed by atoms with Gasteiger partial charge < -0.3 is 5.32 Å².